The normalized spacial score (nSPS) is 17.7. The van der Waals surface area contributed by atoms with E-state index in [0.717, 1.165) is 37.4 Å². The number of hydrogen-bond donors (Lipinski definition) is 1. The zero-order valence-corrected chi connectivity index (χ0v) is 14.3. The summed E-state index contributed by atoms with van der Waals surface area (Å²) in [6.45, 7) is 3.89. The highest BCUT2D eigenvalue weighted by Gasteiger charge is 2.30. The van der Waals surface area contributed by atoms with E-state index in [9.17, 15) is 4.79 Å². The number of hydrogen-bond acceptors (Lipinski definition) is 3. The van der Waals surface area contributed by atoms with Crippen LogP contribution in [0.25, 0.3) is 0 Å². The van der Waals surface area contributed by atoms with Crippen molar-refractivity contribution in [3.8, 4) is 5.75 Å². The molecule has 126 valence electrons. The van der Waals surface area contributed by atoms with Gasteiger partial charge in [-0.15, -0.1) is 0 Å². The molecule has 1 aliphatic rings. The van der Waals surface area contributed by atoms with E-state index in [2.05, 4.69) is 41.4 Å². The molecule has 4 heteroatoms. The highest BCUT2D eigenvalue weighted by molar-refractivity contribution is 5.95. The van der Waals surface area contributed by atoms with Crippen molar-refractivity contribution in [2.75, 3.05) is 19.0 Å². The lowest BCUT2D eigenvalue weighted by Crippen LogP contribution is -2.39. The van der Waals surface area contributed by atoms with E-state index >= 15 is 0 Å². The highest BCUT2D eigenvalue weighted by Crippen LogP contribution is 2.22. The Morgan fingerprint density at radius 2 is 2.04 bits per heavy atom. The molecule has 1 fully saturated rings. The zero-order valence-electron chi connectivity index (χ0n) is 14.3. The van der Waals surface area contributed by atoms with Crippen molar-refractivity contribution in [1.29, 1.82) is 0 Å². The van der Waals surface area contributed by atoms with Crippen LogP contribution in [0.15, 0.2) is 48.5 Å². The maximum Gasteiger partial charge on any atom is 0.241 e. The summed E-state index contributed by atoms with van der Waals surface area (Å²) in [7, 11) is 1.63. The molecule has 1 N–H and O–H groups in total. The van der Waals surface area contributed by atoms with Gasteiger partial charge in [0.05, 0.1) is 13.2 Å². The van der Waals surface area contributed by atoms with Crippen LogP contribution in [0.2, 0.25) is 0 Å². The molecule has 0 bridgehead atoms. The molecule has 1 amide bonds. The molecule has 2 aromatic rings. The van der Waals surface area contributed by atoms with Gasteiger partial charge in [-0.05, 0) is 56.1 Å². The van der Waals surface area contributed by atoms with Gasteiger partial charge in [0.25, 0.3) is 0 Å². The van der Waals surface area contributed by atoms with E-state index in [-0.39, 0.29) is 11.9 Å². The maximum absolute atomic E-state index is 12.7. The Kier molecular flexibility index (Phi) is 5.16. The quantitative estimate of drug-likeness (QED) is 0.913. The molecule has 1 aliphatic heterocycles. The van der Waals surface area contributed by atoms with Gasteiger partial charge in [0.2, 0.25) is 5.91 Å². The third-order valence-corrected chi connectivity index (χ3v) is 4.49. The van der Waals surface area contributed by atoms with Crippen molar-refractivity contribution >= 4 is 11.6 Å². The first-order valence-corrected chi connectivity index (χ1v) is 8.40. The second kappa shape index (κ2) is 7.49. The lowest BCUT2D eigenvalue weighted by molar-refractivity contribution is -0.120. The topological polar surface area (TPSA) is 41.6 Å². The number of nitrogens with zero attached hydrogens (tertiary/aromatic N) is 1. The fourth-order valence-electron chi connectivity index (χ4n) is 3.26. The van der Waals surface area contributed by atoms with Crippen LogP contribution in [-0.2, 0) is 11.3 Å². The van der Waals surface area contributed by atoms with Crippen LogP contribution in [0.4, 0.5) is 5.69 Å². The highest BCUT2D eigenvalue weighted by atomic mass is 16.5. The van der Waals surface area contributed by atoms with Gasteiger partial charge in [0.1, 0.15) is 5.75 Å². The van der Waals surface area contributed by atoms with E-state index in [0.29, 0.717) is 0 Å². The van der Waals surface area contributed by atoms with Gasteiger partial charge < -0.3 is 10.1 Å². The van der Waals surface area contributed by atoms with Gasteiger partial charge in [-0.1, -0.05) is 29.8 Å². The number of rotatable bonds is 5. The van der Waals surface area contributed by atoms with Gasteiger partial charge in [0.15, 0.2) is 0 Å². The summed E-state index contributed by atoms with van der Waals surface area (Å²) in [6, 6.07) is 15.9. The minimum Gasteiger partial charge on any atom is -0.497 e. The average molecular weight is 324 g/mol. The van der Waals surface area contributed by atoms with Crippen molar-refractivity contribution in [2.24, 2.45) is 0 Å². The van der Waals surface area contributed by atoms with Crippen LogP contribution in [0.5, 0.6) is 5.75 Å². The SMILES string of the molecule is COc1ccc(NC(=O)C2CCCN2Cc2cccc(C)c2)cc1. The molecule has 0 aliphatic carbocycles. The van der Waals surface area contributed by atoms with Crippen LogP contribution in [0.3, 0.4) is 0 Å². The monoisotopic (exact) mass is 324 g/mol. The smallest absolute Gasteiger partial charge is 0.241 e. The summed E-state index contributed by atoms with van der Waals surface area (Å²) < 4.78 is 5.15. The zero-order chi connectivity index (χ0) is 16.9. The van der Waals surface area contributed by atoms with Crippen molar-refractivity contribution in [1.82, 2.24) is 4.90 Å². The molecule has 0 saturated carbocycles. The predicted octanol–water partition coefficient (Wildman–Crippen LogP) is 3.61. The minimum absolute atomic E-state index is 0.0624. The number of nitrogens with one attached hydrogen (secondary N) is 1. The third kappa shape index (κ3) is 3.95. The van der Waals surface area contributed by atoms with Gasteiger partial charge in [-0.25, -0.2) is 0 Å². The van der Waals surface area contributed by atoms with E-state index in [1.807, 2.05) is 24.3 Å². The Balaban J connectivity index is 1.64. The van der Waals surface area contributed by atoms with Crippen LogP contribution < -0.4 is 10.1 Å². The molecule has 24 heavy (non-hydrogen) atoms. The number of amides is 1. The summed E-state index contributed by atoms with van der Waals surface area (Å²) in [5.74, 6) is 0.861. The van der Waals surface area contributed by atoms with Gasteiger partial charge in [-0.3, -0.25) is 9.69 Å². The number of aryl methyl sites for hydroxylation is 1. The first-order chi connectivity index (χ1) is 11.7. The Morgan fingerprint density at radius 1 is 1.25 bits per heavy atom. The third-order valence-electron chi connectivity index (χ3n) is 4.49. The second-order valence-corrected chi connectivity index (χ2v) is 6.34. The summed E-state index contributed by atoms with van der Waals surface area (Å²) >= 11 is 0. The minimum atomic E-state index is -0.0624. The Hall–Kier alpha value is -2.33. The molecule has 1 saturated heterocycles. The van der Waals surface area contributed by atoms with E-state index < -0.39 is 0 Å². The summed E-state index contributed by atoms with van der Waals surface area (Å²) in [6.07, 6.45) is 1.97. The lowest BCUT2D eigenvalue weighted by atomic mass is 10.1. The first kappa shape index (κ1) is 16.5. The molecule has 0 radical (unpaired) electrons. The van der Waals surface area contributed by atoms with Crippen LogP contribution in [-0.4, -0.2) is 30.5 Å². The van der Waals surface area contributed by atoms with Crippen molar-refractivity contribution in [2.45, 2.75) is 32.4 Å². The maximum atomic E-state index is 12.7. The fourth-order valence-corrected chi connectivity index (χ4v) is 3.26. The first-order valence-electron chi connectivity index (χ1n) is 8.40. The molecule has 4 nitrogen and oxygen atoms in total. The summed E-state index contributed by atoms with van der Waals surface area (Å²) in [5.41, 5.74) is 3.33. The molecular weight excluding hydrogens is 300 g/mol. The van der Waals surface area contributed by atoms with Crippen molar-refractivity contribution < 1.29 is 9.53 Å². The second-order valence-electron chi connectivity index (χ2n) is 6.34. The van der Waals surface area contributed by atoms with Crippen molar-refractivity contribution in [3.63, 3.8) is 0 Å². The van der Waals surface area contributed by atoms with Crippen LogP contribution in [0.1, 0.15) is 24.0 Å². The van der Waals surface area contributed by atoms with Crippen LogP contribution >= 0.6 is 0 Å². The number of ether oxygens (including phenoxy) is 1. The van der Waals surface area contributed by atoms with E-state index in [1.54, 1.807) is 7.11 Å². The number of benzene rings is 2. The molecule has 0 aromatic heterocycles. The molecule has 1 heterocycles. The van der Waals surface area contributed by atoms with E-state index in [1.165, 1.54) is 11.1 Å². The Morgan fingerprint density at radius 3 is 2.75 bits per heavy atom. The lowest BCUT2D eigenvalue weighted by Gasteiger charge is -2.24. The van der Waals surface area contributed by atoms with E-state index in [4.69, 9.17) is 4.74 Å². The van der Waals surface area contributed by atoms with Gasteiger partial charge >= 0.3 is 0 Å². The largest absolute Gasteiger partial charge is 0.497 e. The molecule has 0 spiro atoms. The Bertz CT molecular complexity index is 697. The van der Waals surface area contributed by atoms with Gasteiger partial charge in [-0.2, -0.15) is 0 Å². The predicted molar refractivity (Wildman–Crippen MR) is 96.2 cm³/mol. The number of carbonyl (C=O) groups is 1. The van der Waals surface area contributed by atoms with Crippen LogP contribution in [0, 0.1) is 6.92 Å². The summed E-state index contributed by atoms with van der Waals surface area (Å²) in [5, 5.41) is 3.03. The molecule has 1 atom stereocenters. The molecule has 2 aromatic carbocycles. The van der Waals surface area contributed by atoms with Gasteiger partial charge in [0, 0.05) is 12.2 Å². The Labute approximate surface area is 143 Å². The standard InChI is InChI=1S/C20H24N2O2/c1-15-5-3-6-16(13-15)14-22-12-4-7-19(22)20(23)21-17-8-10-18(24-2)11-9-17/h3,5-6,8-11,13,19H,4,7,12,14H2,1-2H3,(H,21,23). The molecule has 3 rings (SSSR count). The number of methoxy groups -OCH3 is 1. The summed E-state index contributed by atoms with van der Waals surface area (Å²) in [4.78, 5) is 14.9. The molecule has 1 unspecified atom stereocenters. The molecular formula is C20H24N2O2. The van der Waals surface area contributed by atoms with Crippen molar-refractivity contribution in [3.05, 3.63) is 59.7 Å². The number of likely N-dealkylation sites (tertiary alicyclic amines) is 1. The number of carbonyl (C=O) groups excluding carboxylic acids is 1. The average Bonchev–Trinajstić information content (AvgIpc) is 3.04. The number of anilines is 1. The fraction of sp³-hybridized carbons (Fsp3) is 0.350.